The van der Waals surface area contributed by atoms with Gasteiger partial charge in [-0.2, -0.15) is 0 Å². The van der Waals surface area contributed by atoms with E-state index in [4.69, 9.17) is 21.1 Å². The second-order valence-electron chi connectivity index (χ2n) is 6.05. The summed E-state index contributed by atoms with van der Waals surface area (Å²) in [5.41, 5.74) is -0.422. The van der Waals surface area contributed by atoms with Gasteiger partial charge in [-0.05, 0) is 42.8 Å². The van der Waals surface area contributed by atoms with Crippen LogP contribution in [0.3, 0.4) is 0 Å². The van der Waals surface area contributed by atoms with Gasteiger partial charge in [0, 0.05) is 5.02 Å². The highest BCUT2D eigenvalue weighted by Crippen LogP contribution is 2.30. The predicted octanol–water partition coefficient (Wildman–Crippen LogP) is 3.19. The Hall–Kier alpha value is -2.73. The molecular weight excluding hydrogens is 356 g/mol. The van der Waals surface area contributed by atoms with Crippen molar-refractivity contribution >= 4 is 23.5 Å². The Morgan fingerprint density at radius 1 is 1.12 bits per heavy atom. The number of imide groups is 1. The van der Waals surface area contributed by atoms with E-state index in [0.29, 0.717) is 22.1 Å². The number of ether oxygens (including phenoxy) is 2. The zero-order valence-corrected chi connectivity index (χ0v) is 15.2. The molecule has 0 saturated carbocycles. The lowest BCUT2D eigenvalue weighted by atomic mass is 9.92. The molecule has 1 aliphatic rings. The Morgan fingerprint density at radius 3 is 2.50 bits per heavy atom. The van der Waals surface area contributed by atoms with Crippen LogP contribution in [0.4, 0.5) is 4.79 Å². The molecule has 1 atom stereocenters. The first-order valence-electron chi connectivity index (χ1n) is 8.11. The third kappa shape index (κ3) is 3.46. The van der Waals surface area contributed by atoms with Gasteiger partial charge in [0.05, 0.1) is 13.7 Å². The van der Waals surface area contributed by atoms with Gasteiger partial charge in [0.25, 0.3) is 5.91 Å². The molecule has 0 aliphatic carbocycles. The molecule has 0 bridgehead atoms. The summed E-state index contributed by atoms with van der Waals surface area (Å²) in [5.74, 6) is 0.950. The van der Waals surface area contributed by atoms with Gasteiger partial charge in [0.15, 0.2) is 0 Å². The first kappa shape index (κ1) is 18.1. The first-order chi connectivity index (χ1) is 12.4. The van der Waals surface area contributed by atoms with Crippen molar-refractivity contribution in [2.75, 3.05) is 20.3 Å². The van der Waals surface area contributed by atoms with E-state index in [-0.39, 0.29) is 19.1 Å². The van der Waals surface area contributed by atoms with Crippen molar-refractivity contribution in [3.8, 4) is 11.5 Å². The molecule has 1 fully saturated rings. The fourth-order valence-corrected chi connectivity index (χ4v) is 3.01. The number of carbonyl (C=O) groups excluding carboxylic acids is 2. The zero-order valence-electron chi connectivity index (χ0n) is 14.5. The van der Waals surface area contributed by atoms with Gasteiger partial charge in [0.2, 0.25) is 0 Å². The van der Waals surface area contributed by atoms with Crippen molar-refractivity contribution in [3.63, 3.8) is 0 Å². The molecule has 0 spiro atoms. The molecule has 2 aromatic rings. The molecule has 6 nitrogen and oxygen atoms in total. The molecule has 3 rings (SSSR count). The van der Waals surface area contributed by atoms with E-state index in [1.54, 1.807) is 62.6 Å². The highest BCUT2D eigenvalue weighted by molar-refractivity contribution is 6.30. The van der Waals surface area contributed by atoms with Gasteiger partial charge in [-0.15, -0.1) is 0 Å². The summed E-state index contributed by atoms with van der Waals surface area (Å²) >= 11 is 5.91. The van der Waals surface area contributed by atoms with Crippen LogP contribution in [0, 0.1) is 0 Å². The van der Waals surface area contributed by atoms with Gasteiger partial charge in [-0.1, -0.05) is 29.8 Å². The third-order valence-electron chi connectivity index (χ3n) is 4.32. The molecule has 1 saturated heterocycles. The Bertz CT molecular complexity index is 825. The van der Waals surface area contributed by atoms with Gasteiger partial charge >= 0.3 is 6.03 Å². The minimum absolute atomic E-state index is 0.142. The van der Waals surface area contributed by atoms with E-state index < -0.39 is 11.6 Å². The summed E-state index contributed by atoms with van der Waals surface area (Å²) in [4.78, 5) is 26.3. The number of hydrogen-bond acceptors (Lipinski definition) is 4. The summed E-state index contributed by atoms with van der Waals surface area (Å²) in [6.07, 6.45) is 0. The number of carbonyl (C=O) groups is 2. The highest BCUT2D eigenvalue weighted by atomic mass is 35.5. The zero-order chi connectivity index (χ0) is 18.7. The molecule has 1 unspecified atom stereocenters. The molecule has 3 amide bonds. The van der Waals surface area contributed by atoms with Gasteiger partial charge in [-0.25, -0.2) is 4.79 Å². The minimum atomic E-state index is -1.11. The van der Waals surface area contributed by atoms with Crippen molar-refractivity contribution in [1.82, 2.24) is 10.2 Å². The molecule has 0 aromatic heterocycles. The Labute approximate surface area is 156 Å². The molecule has 7 heteroatoms. The van der Waals surface area contributed by atoms with Crippen LogP contribution in [0.2, 0.25) is 5.02 Å². The molecule has 0 radical (unpaired) electrons. The van der Waals surface area contributed by atoms with Gasteiger partial charge < -0.3 is 14.8 Å². The van der Waals surface area contributed by atoms with Crippen molar-refractivity contribution < 1.29 is 19.1 Å². The smallest absolute Gasteiger partial charge is 0.325 e. The summed E-state index contributed by atoms with van der Waals surface area (Å²) < 4.78 is 10.7. The summed E-state index contributed by atoms with van der Waals surface area (Å²) in [6, 6.07) is 13.6. The number of halogens is 1. The fraction of sp³-hybridized carbons (Fsp3) is 0.263. The van der Waals surface area contributed by atoms with Crippen LogP contribution in [-0.2, 0) is 10.3 Å². The number of nitrogens with zero attached hydrogens (tertiary/aromatic N) is 1. The number of hydrogen-bond donors (Lipinski definition) is 1. The number of rotatable bonds is 6. The van der Waals surface area contributed by atoms with E-state index in [1.165, 1.54) is 0 Å². The monoisotopic (exact) mass is 374 g/mol. The van der Waals surface area contributed by atoms with Crippen LogP contribution in [0.15, 0.2) is 48.5 Å². The second kappa shape index (κ2) is 7.25. The van der Waals surface area contributed by atoms with E-state index in [1.807, 2.05) is 0 Å². The Balaban J connectivity index is 1.67. The number of urea groups is 1. The van der Waals surface area contributed by atoms with E-state index >= 15 is 0 Å². The number of benzene rings is 2. The van der Waals surface area contributed by atoms with Crippen LogP contribution in [-0.4, -0.2) is 37.1 Å². The standard InChI is InChI=1S/C19H19ClN2O4/c1-19(13-6-8-15(25-2)9-7-13)17(23)22(18(24)21-19)10-11-26-16-5-3-4-14(20)12-16/h3-9,12H,10-11H2,1-2H3,(H,21,24). The van der Waals surface area contributed by atoms with Crippen LogP contribution < -0.4 is 14.8 Å². The second-order valence-corrected chi connectivity index (χ2v) is 6.48. The third-order valence-corrected chi connectivity index (χ3v) is 4.56. The van der Waals surface area contributed by atoms with Crippen molar-refractivity contribution in [2.45, 2.75) is 12.5 Å². The van der Waals surface area contributed by atoms with Crippen LogP contribution in [0.5, 0.6) is 11.5 Å². The lowest BCUT2D eigenvalue weighted by molar-refractivity contribution is -0.131. The fourth-order valence-electron chi connectivity index (χ4n) is 2.83. The molecule has 1 aliphatic heterocycles. The first-order valence-corrected chi connectivity index (χ1v) is 8.49. The maximum atomic E-state index is 12.8. The van der Waals surface area contributed by atoms with Crippen molar-refractivity contribution in [2.24, 2.45) is 0 Å². The largest absolute Gasteiger partial charge is 0.497 e. The minimum Gasteiger partial charge on any atom is -0.497 e. The lowest BCUT2D eigenvalue weighted by Crippen LogP contribution is -2.41. The number of amides is 3. The molecule has 2 aromatic carbocycles. The summed E-state index contributed by atoms with van der Waals surface area (Å²) in [5, 5.41) is 3.32. The van der Waals surface area contributed by atoms with E-state index in [2.05, 4.69) is 5.32 Å². The average Bonchev–Trinajstić information content (AvgIpc) is 2.86. The topological polar surface area (TPSA) is 67.9 Å². The summed E-state index contributed by atoms with van der Waals surface area (Å²) in [7, 11) is 1.57. The molecule has 1 N–H and O–H groups in total. The SMILES string of the molecule is COc1ccc(C2(C)NC(=O)N(CCOc3cccc(Cl)c3)C2=O)cc1. The maximum Gasteiger partial charge on any atom is 0.325 e. The number of methoxy groups -OCH3 is 1. The van der Waals surface area contributed by atoms with Crippen molar-refractivity contribution in [3.05, 3.63) is 59.1 Å². The van der Waals surface area contributed by atoms with Gasteiger partial charge in [-0.3, -0.25) is 9.69 Å². The quantitative estimate of drug-likeness (QED) is 0.788. The Kier molecular flexibility index (Phi) is 5.04. The average molecular weight is 375 g/mol. The van der Waals surface area contributed by atoms with E-state index in [9.17, 15) is 9.59 Å². The number of nitrogens with one attached hydrogen (secondary N) is 1. The lowest BCUT2D eigenvalue weighted by Gasteiger charge is -2.22. The maximum absolute atomic E-state index is 12.8. The van der Waals surface area contributed by atoms with Crippen LogP contribution in [0.1, 0.15) is 12.5 Å². The molecule has 1 heterocycles. The van der Waals surface area contributed by atoms with Gasteiger partial charge in [0.1, 0.15) is 23.6 Å². The van der Waals surface area contributed by atoms with Crippen LogP contribution >= 0.6 is 11.6 Å². The summed E-state index contributed by atoms with van der Waals surface area (Å²) in [6.45, 7) is 2.01. The van der Waals surface area contributed by atoms with Crippen LogP contribution in [0.25, 0.3) is 0 Å². The molecular formula is C19H19ClN2O4. The van der Waals surface area contributed by atoms with E-state index in [0.717, 1.165) is 4.90 Å². The normalized spacial score (nSPS) is 19.4. The highest BCUT2D eigenvalue weighted by Gasteiger charge is 2.48. The predicted molar refractivity (Wildman–Crippen MR) is 97.5 cm³/mol. The molecule has 26 heavy (non-hydrogen) atoms. The Morgan fingerprint density at radius 2 is 1.85 bits per heavy atom. The van der Waals surface area contributed by atoms with Crippen molar-refractivity contribution in [1.29, 1.82) is 0 Å². The molecule has 136 valence electrons.